The number of piperidine rings is 1. The topological polar surface area (TPSA) is 44.4 Å². The van der Waals surface area contributed by atoms with Crippen molar-refractivity contribution < 1.29 is 9.18 Å². The number of benzene rings is 1. The van der Waals surface area contributed by atoms with Crippen LogP contribution in [-0.4, -0.2) is 36.6 Å². The molecule has 128 valence electrons. The zero-order valence-corrected chi connectivity index (χ0v) is 14.3. The van der Waals surface area contributed by atoms with Crippen molar-refractivity contribution in [3.63, 3.8) is 0 Å². The van der Waals surface area contributed by atoms with Crippen LogP contribution in [0.5, 0.6) is 0 Å². The highest BCUT2D eigenvalue weighted by Gasteiger charge is 2.21. The van der Waals surface area contributed by atoms with Crippen LogP contribution in [0.3, 0.4) is 0 Å². The van der Waals surface area contributed by atoms with Gasteiger partial charge in [-0.1, -0.05) is 26.0 Å². The molecule has 0 bridgehead atoms. The second-order valence-corrected chi connectivity index (χ2v) is 6.86. The lowest BCUT2D eigenvalue weighted by Gasteiger charge is -2.33. The van der Waals surface area contributed by atoms with Crippen LogP contribution in [0.25, 0.3) is 0 Å². The van der Waals surface area contributed by atoms with E-state index in [1.54, 1.807) is 12.1 Å². The number of carbonyl (C=O) groups excluding carboxylic acids is 1. The normalized spacial score (nSPS) is 18.0. The largest absolute Gasteiger partial charge is 0.335 e. The van der Waals surface area contributed by atoms with E-state index >= 15 is 0 Å². The van der Waals surface area contributed by atoms with E-state index in [1.165, 1.54) is 12.1 Å². The number of nitrogens with zero attached hydrogens (tertiary/aromatic N) is 1. The molecule has 4 nitrogen and oxygen atoms in total. The molecule has 2 rings (SSSR count). The lowest BCUT2D eigenvalue weighted by molar-refractivity contribution is 0.177. The van der Waals surface area contributed by atoms with Gasteiger partial charge in [0.25, 0.3) is 0 Å². The smallest absolute Gasteiger partial charge is 0.315 e. The molecule has 2 N–H and O–H groups in total. The van der Waals surface area contributed by atoms with Gasteiger partial charge in [0.2, 0.25) is 0 Å². The van der Waals surface area contributed by atoms with Crippen molar-refractivity contribution in [3.8, 4) is 0 Å². The third-order valence-corrected chi connectivity index (χ3v) is 4.26. The minimum absolute atomic E-state index is 0.142. The molecule has 1 saturated heterocycles. The van der Waals surface area contributed by atoms with E-state index in [0.717, 1.165) is 38.0 Å². The average Bonchev–Trinajstić information content (AvgIpc) is 2.49. The summed E-state index contributed by atoms with van der Waals surface area (Å²) in [6.07, 6.45) is 1.98. The van der Waals surface area contributed by atoms with Gasteiger partial charge in [-0.3, -0.25) is 0 Å². The van der Waals surface area contributed by atoms with Crippen LogP contribution < -0.4 is 10.6 Å². The highest BCUT2D eigenvalue weighted by atomic mass is 19.1. The fraction of sp³-hybridized carbons (Fsp3) is 0.611. The first kappa shape index (κ1) is 17.7. The van der Waals surface area contributed by atoms with Crippen LogP contribution in [0.15, 0.2) is 24.3 Å². The summed E-state index contributed by atoms with van der Waals surface area (Å²) in [6, 6.07) is 6.17. The Morgan fingerprint density at radius 1 is 1.22 bits per heavy atom. The van der Waals surface area contributed by atoms with Crippen molar-refractivity contribution in [2.45, 2.75) is 45.7 Å². The average molecular weight is 321 g/mol. The second kappa shape index (κ2) is 8.29. The molecular formula is C18H28FN3O. The Kier molecular flexibility index (Phi) is 6.39. The number of hydrogen-bond donors (Lipinski definition) is 2. The summed E-state index contributed by atoms with van der Waals surface area (Å²) >= 11 is 0. The first-order valence-electron chi connectivity index (χ1n) is 8.49. The molecule has 0 radical (unpaired) electrons. The maximum absolute atomic E-state index is 12.9. The number of nitrogens with one attached hydrogen (secondary N) is 2. The van der Waals surface area contributed by atoms with Gasteiger partial charge < -0.3 is 15.5 Å². The molecule has 1 aromatic rings. The van der Waals surface area contributed by atoms with Gasteiger partial charge in [-0.2, -0.15) is 0 Å². The van der Waals surface area contributed by atoms with E-state index in [4.69, 9.17) is 0 Å². The molecule has 5 heteroatoms. The molecule has 0 unspecified atom stereocenters. The van der Waals surface area contributed by atoms with Crippen LogP contribution >= 0.6 is 0 Å². The van der Waals surface area contributed by atoms with Gasteiger partial charge in [0, 0.05) is 25.7 Å². The fourth-order valence-electron chi connectivity index (χ4n) is 3.03. The molecule has 1 aromatic carbocycles. The summed E-state index contributed by atoms with van der Waals surface area (Å²) in [5, 5.41) is 5.97. The lowest BCUT2D eigenvalue weighted by Crippen LogP contribution is -2.48. The van der Waals surface area contributed by atoms with Crippen molar-refractivity contribution in [2.24, 2.45) is 5.92 Å². The van der Waals surface area contributed by atoms with Gasteiger partial charge in [-0.25, -0.2) is 9.18 Å². The molecular weight excluding hydrogens is 293 g/mol. The number of rotatable bonds is 5. The fourth-order valence-corrected chi connectivity index (χ4v) is 3.03. The number of likely N-dealkylation sites (tertiary alicyclic amines) is 1. The third kappa shape index (κ3) is 5.82. The van der Waals surface area contributed by atoms with E-state index in [0.29, 0.717) is 5.92 Å². The van der Waals surface area contributed by atoms with Crippen LogP contribution in [0.4, 0.5) is 9.18 Å². The molecule has 1 fully saturated rings. The minimum atomic E-state index is -0.265. The summed E-state index contributed by atoms with van der Waals surface area (Å²) < 4.78 is 12.9. The van der Waals surface area contributed by atoms with E-state index in [1.807, 2.05) is 6.92 Å². The second-order valence-electron chi connectivity index (χ2n) is 6.86. The van der Waals surface area contributed by atoms with E-state index in [2.05, 4.69) is 29.4 Å². The van der Waals surface area contributed by atoms with Crippen molar-refractivity contribution in [1.82, 2.24) is 15.5 Å². The van der Waals surface area contributed by atoms with Gasteiger partial charge >= 0.3 is 6.03 Å². The molecule has 0 saturated carbocycles. The maximum Gasteiger partial charge on any atom is 0.315 e. The van der Waals surface area contributed by atoms with Crippen molar-refractivity contribution in [2.75, 3.05) is 19.6 Å². The third-order valence-electron chi connectivity index (χ3n) is 4.26. The van der Waals surface area contributed by atoms with Crippen molar-refractivity contribution in [3.05, 3.63) is 35.6 Å². The highest BCUT2D eigenvalue weighted by molar-refractivity contribution is 5.74. The Labute approximate surface area is 138 Å². The minimum Gasteiger partial charge on any atom is -0.335 e. The first-order valence-corrected chi connectivity index (χ1v) is 8.49. The molecule has 0 aromatic heterocycles. The summed E-state index contributed by atoms with van der Waals surface area (Å²) in [7, 11) is 0. The molecule has 2 amide bonds. The van der Waals surface area contributed by atoms with Crippen LogP contribution in [-0.2, 0) is 0 Å². The number of halogens is 1. The molecule has 23 heavy (non-hydrogen) atoms. The van der Waals surface area contributed by atoms with Gasteiger partial charge in [0.05, 0.1) is 6.04 Å². The predicted molar refractivity (Wildman–Crippen MR) is 90.8 cm³/mol. The summed E-state index contributed by atoms with van der Waals surface area (Å²) in [6.45, 7) is 9.56. The van der Waals surface area contributed by atoms with Gasteiger partial charge in [0.1, 0.15) is 5.82 Å². The van der Waals surface area contributed by atoms with Crippen LogP contribution in [0.1, 0.15) is 45.2 Å². The zero-order valence-electron chi connectivity index (χ0n) is 14.3. The standard InChI is InChI=1S/C18H28FN3O/c1-13(2)12-22-10-8-17(9-11-22)21-18(23)20-14(3)15-4-6-16(19)7-5-15/h4-7,13-14,17H,8-12H2,1-3H3,(H2,20,21,23)/t14-/m0/s1. The van der Waals surface area contributed by atoms with E-state index in [9.17, 15) is 9.18 Å². The van der Waals surface area contributed by atoms with Crippen LogP contribution in [0.2, 0.25) is 0 Å². The lowest BCUT2D eigenvalue weighted by atomic mass is 10.0. The number of urea groups is 1. The monoisotopic (exact) mass is 321 g/mol. The predicted octanol–water partition coefficient (Wildman–Crippen LogP) is 3.31. The first-order chi connectivity index (χ1) is 10.9. The Hall–Kier alpha value is -1.62. The molecule has 1 aliphatic rings. The Balaban J connectivity index is 1.74. The summed E-state index contributed by atoms with van der Waals surface area (Å²) in [5.41, 5.74) is 0.897. The van der Waals surface area contributed by atoms with Crippen LogP contribution in [0, 0.1) is 11.7 Å². The highest BCUT2D eigenvalue weighted by Crippen LogP contribution is 2.14. The van der Waals surface area contributed by atoms with E-state index in [-0.39, 0.29) is 23.9 Å². The zero-order chi connectivity index (χ0) is 16.8. The SMILES string of the molecule is CC(C)CN1CCC(NC(=O)N[C@@H](C)c2ccc(F)cc2)CC1. The number of amides is 2. The Morgan fingerprint density at radius 3 is 2.39 bits per heavy atom. The molecule has 1 atom stereocenters. The summed E-state index contributed by atoms with van der Waals surface area (Å²) in [4.78, 5) is 14.6. The van der Waals surface area contributed by atoms with Gasteiger partial charge in [0.15, 0.2) is 0 Å². The molecule has 0 aliphatic carbocycles. The quantitative estimate of drug-likeness (QED) is 0.874. The van der Waals surface area contributed by atoms with Crippen molar-refractivity contribution in [1.29, 1.82) is 0 Å². The van der Waals surface area contributed by atoms with Gasteiger partial charge in [-0.05, 0) is 43.4 Å². The molecule has 1 aliphatic heterocycles. The van der Waals surface area contributed by atoms with Gasteiger partial charge in [-0.15, -0.1) is 0 Å². The molecule has 0 spiro atoms. The number of hydrogen-bond acceptors (Lipinski definition) is 2. The summed E-state index contributed by atoms with van der Waals surface area (Å²) in [5.74, 6) is 0.415. The number of carbonyl (C=O) groups is 1. The molecule has 1 heterocycles. The van der Waals surface area contributed by atoms with Crippen molar-refractivity contribution >= 4 is 6.03 Å². The Bertz CT molecular complexity index is 495. The van der Waals surface area contributed by atoms with E-state index < -0.39 is 0 Å². The maximum atomic E-state index is 12.9. The Morgan fingerprint density at radius 2 is 1.83 bits per heavy atom.